The Kier molecular flexibility index (Phi) is 6.16. The molecule has 8 heteroatoms. The first-order valence-electron chi connectivity index (χ1n) is 12.6. The molecule has 2 aliphatic heterocycles. The van der Waals surface area contributed by atoms with Gasteiger partial charge in [-0.05, 0) is 46.2 Å². The van der Waals surface area contributed by atoms with E-state index >= 15 is 0 Å². The van der Waals surface area contributed by atoms with Crippen molar-refractivity contribution in [2.45, 2.75) is 18.9 Å². The van der Waals surface area contributed by atoms with Gasteiger partial charge in [-0.1, -0.05) is 66.2 Å². The number of carbonyl (C=O) groups excluding carboxylic acids is 2. The number of likely N-dealkylation sites (N-methyl/N-ethyl adjacent to an activating group) is 1. The van der Waals surface area contributed by atoms with Crippen molar-refractivity contribution in [3.63, 3.8) is 0 Å². The summed E-state index contributed by atoms with van der Waals surface area (Å²) in [5, 5.41) is 12.1. The third-order valence-electron chi connectivity index (χ3n) is 7.30. The Morgan fingerprint density at radius 1 is 0.974 bits per heavy atom. The number of rotatable bonds is 5. The highest BCUT2D eigenvalue weighted by Crippen LogP contribution is 2.35. The minimum absolute atomic E-state index is 0.142. The molecule has 0 saturated heterocycles. The number of nitrogens with zero attached hydrogens (tertiary/aromatic N) is 3. The summed E-state index contributed by atoms with van der Waals surface area (Å²) in [6.07, 6.45) is 0.539. The molecule has 2 aliphatic rings. The maximum Gasteiger partial charge on any atom is 0.323 e. The van der Waals surface area contributed by atoms with E-state index in [4.69, 9.17) is 16.6 Å². The zero-order chi connectivity index (χ0) is 27.3. The number of aliphatic imine (C=N–C) groups is 1. The zero-order valence-electron chi connectivity index (χ0n) is 21.1. The van der Waals surface area contributed by atoms with E-state index < -0.39 is 18.6 Å². The van der Waals surface area contributed by atoms with Gasteiger partial charge in [0, 0.05) is 35.3 Å². The van der Waals surface area contributed by atoms with Crippen LogP contribution in [0.2, 0.25) is 5.02 Å². The number of aliphatic carboxylic acids is 1. The first-order chi connectivity index (χ1) is 18.8. The number of hydrogen-bond donors (Lipinski definition) is 1. The highest BCUT2D eigenvalue weighted by atomic mass is 35.5. The lowest BCUT2D eigenvalue weighted by Gasteiger charge is -2.21. The minimum atomic E-state index is -1.09. The summed E-state index contributed by atoms with van der Waals surface area (Å²) in [5.41, 5.74) is 4.88. The van der Waals surface area contributed by atoms with Gasteiger partial charge in [-0.2, -0.15) is 0 Å². The number of benzene rings is 4. The molecule has 6 rings (SSSR count). The SMILES string of the molecule is CN1C(=O)C(Cc2ccc3ccccc3c2)N=C(c2ccc3c(c2)N(CC(=O)O)C(=O)C3)c2cc(Cl)ccc21. The molecule has 0 aliphatic carbocycles. The molecule has 0 fully saturated rings. The molecule has 0 aromatic heterocycles. The number of anilines is 2. The lowest BCUT2D eigenvalue weighted by atomic mass is 9.98. The van der Waals surface area contributed by atoms with Crippen molar-refractivity contribution >= 4 is 57.2 Å². The molecule has 4 aromatic carbocycles. The van der Waals surface area contributed by atoms with E-state index in [2.05, 4.69) is 6.07 Å². The molecule has 0 saturated carbocycles. The molecule has 4 aromatic rings. The second-order valence-corrected chi connectivity index (χ2v) is 10.3. The van der Waals surface area contributed by atoms with Crippen LogP contribution in [0.15, 0.2) is 83.9 Å². The van der Waals surface area contributed by atoms with Crippen molar-refractivity contribution < 1.29 is 19.5 Å². The van der Waals surface area contributed by atoms with Gasteiger partial charge in [-0.3, -0.25) is 19.4 Å². The average molecular weight is 538 g/mol. The normalized spacial score (nSPS) is 16.7. The first-order valence-corrected chi connectivity index (χ1v) is 12.9. The molecule has 2 amide bonds. The Morgan fingerprint density at radius 2 is 1.77 bits per heavy atom. The molecule has 0 bridgehead atoms. The molecule has 39 heavy (non-hydrogen) atoms. The quantitative estimate of drug-likeness (QED) is 0.392. The molecule has 2 heterocycles. The number of hydrogen-bond acceptors (Lipinski definition) is 4. The summed E-state index contributed by atoms with van der Waals surface area (Å²) in [5.74, 6) is -1.50. The summed E-state index contributed by atoms with van der Waals surface area (Å²) in [4.78, 5) is 45.6. The Morgan fingerprint density at radius 3 is 2.56 bits per heavy atom. The predicted molar refractivity (Wildman–Crippen MR) is 152 cm³/mol. The van der Waals surface area contributed by atoms with Crippen LogP contribution in [0.25, 0.3) is 10.8 Å². The third kappa shape index (κ3) is 4.55. The summed E-state index contributed by atoms with van der Waals surface area (Å²) in [6, 6.07) is 24.3. The molecule has 1 unspecified atom stereocenters. The topological polar surface area (TPSA) is 90.3 Å². The van der Waals surface area contributed by atoms with E-state index in [1.54, 1.807) is 36.2 Å². The van der Waals surface area contributed by atoms with Crippen molar-refractivity contribution in [3.8, 4) is 0 Å². The van der Waals surface area contributed by atoms with Crippen LogP contribution >= 0.6 is 11.6 Å². The largest absolute Gasteiger partial charge is 0.480 e. The van der Waals surface area contributed by atoms with Crippen molar-refractivity contribution in [2.75, 3.05) is 23.4 Å². The number of fused-ring (bicyclic) bond motifs is 3. The molecule has 1 atom stereocenters. The number of halogens is 1. The van der Waals surface area contributed by atoms with Crippen LogP contribution in [0.5, 0.6) is 0 Å². The molecule has 7 nitrogen and oxygen atoms in total. The second kappa shape index (κ2) is 9.67. The fourth-order valence-electron chi connectivity index (χ4n) is 5.38. The van der Waals surface area contributed by atoms with Crippen LogP contribution in [0, 0.1) is 0 Å². The standard InChI is InChI=1S/C31H24ClN3O4/c1-34-26-11-10-23(32)16-24(26)30(22-9-8-21-15-28(36)35(17-29(37)38)27(21)14-22)33-25(31(34)39)13-18-6-7-19-4-2-3-5-20(19)12-18/h2-12,14,16,25H,13,15,17H2,1H3,(H,37,38). The average Bonchev–Trinajstić information content (AvgIpc) is 3.18. The van der Waals surface area contributed by atoms with Crippen LogP contribution in [-0.4, -0.2) is 48.2 Å². The maximum absolute atomic E-state index is 13.7. The molecular formula is C31H24ClN3O4. The van der Waals surface area contributed by atoms with Gasteiger partial charge in [0.2, 0.25) is 5.91 Å². The van der Waals surface area contributed by atoms with Gasteiger partial charge >= 0.3 is 5.97 Å². The minimum Gasteiger partial charge on any atom is -0.480 e. The zero-order valence-corrected chi connectivity index (χ0v) is 21.9. The molecule has 1 N–H and O–H groups in total. The smallest absolute Gasteiger partial charge is 0.323 e. The van der Waals surface area contributed by atoms with E-state index in [9.17, 15) is 19.5 Å². The van der Waals surface area contributed by atoms with Crippen LogP contribution in [0.4, 0.5) is 11.4 Å². The van der Waals surface area contributed by atoms with Gasteiger partial charge in [0.25, 0.3) is 5.91 Å². The van der Waals surface area contributed by atoms with Crippen LogP contribution in [0.3, 0.4) is 0 Å². The summed E-state index contributed by atoms with van der Waals surface area (Å²) >= 11 is 6.41. The van der Waals surface area contributed by atoms with Crippen LogP contribution < -0.4 is 9.80 Å². The molecular weight excluding hydrogens is 514 g/mol. The van der Waals surface area contributed by atoms with E-state index in [0.717, 1.165) is 21.9 Å². The predicted octanol–water partition coefficient (Wildman–Crippen LogP) is 4.89. The monoisotopic (exact) mass is 537 g/mol. The number of benzodiazepines with no additional fused rings is 1. The van der Waals surface area contributed by atoms with Crippen LogP contribution in [0.1, 0.15) is 22.3 Å². The lowest BCUT2D eigenvalue weighted by molar-refractivity contribution is -0.136. The number of carbonyl (C=O) groups is 3. The third-order valence-corrected chi connectivity index (χ3v) is 7.54. The van der Waals surface area contributed by atoms with E-state index in [1.165, 1.54) is 4.90 Å². The van der Waals surface area contributed by atoms with Crippen molar-refractivity contribution in [3.05, 3.63) is 106 Å². The number of carboxylic acids is 1. The van der Waals surface area contributed by atoms with Crippen LogP contribution in [-0.2, 0) is 27.2 Å². The van der Waals surface area contributed by atoms with Gasteiger partial charge in [-0.25, -0.2) is 0 Å². The van der Waals surface area contributed by atoms with Crippen molar-refractivity contribution in [1.82, 2.24) is 0 Å². The molecule has 0 radical (unpaired) electrons. The summed E-state index contributed by atoms with van der Waals surface area (Å²) in [7, 11) is 1.73. The van der Waals surface area contributed by atoms with Gasteiger partial charge in [-0.15, -0.1) is 0 Å². The molecule has 0 spiro atoms. The number of carboxylic acid groups (broad SMARTS) is 1. The Bertz CT molecular complexity index is 1710. The Hall–Kier alpha value is -4.49. The maximum atomic E-state index is 13.7. The number of amides is 2. The highest BCUT2D eigenvalue weighted by Gasteiger charge is 2.33. The van der Waals surface area contributed by atoms with E-state index in [0.29, 0.717) is 39.7 Å². The van der Waals surface area contributed by atoms with Crippen molar-refractivity contribution in [1.29, 1.82) is 0 Å². The summed E-state index contributed by atoms with van der Waals surface area (Å²) in [6.45, 7) is -0.421. The highest BCUT2D eigenvalue weighted by molar-refractivity contribution is 6.32. The van der Waals surface area contributed by atoms with E-state index in [-0.39, 0.29) is 18.2 Å². The second-order valence-electron chi connectivity index (χ2n) is 9.83. The van der Waals surface area contributed by atoms with E-state index in [1.807, 2.05) is 48.5 Å². The van der Waals surface area contributed by atoms with Gasteiger partial charge in [0.05, 0.1) is 17.8 Å². The van der Waals surface area contributed by atoms with Gasteiger partial charge in [0.1, 0.15) is 12.6 Å². The molecule has 194 valence electrons. The van der Waals surface area contributed by atoms with Crippen molar-refractivity contribution in [2.24, 2.45) is 4.99 Å². The Labute approximate surface area is 229 Å². The fourth-order valence-corrected chi connectivity index (χ4v) is 5.55. The van der Waals surface area contributed by atoms with Gasteiger partial charge < -0.3 is 14.9 Å². The summed E-state index contributed by atoms with van der Waals surface area (Å²) < 4.78 is 0. The van der Waals surface area contributed by atoms with Gasteiger partial charge in [0.15, 0.2) is 0 Å². The fraction of sp³-hybridized carbons (Fsp3) is 0.161. The Balaban J connectivity index is 1.48. The first kappa shape index (κ1) is 24.8. The lowest BCUT2D eigenvalue weighted by Crippen LogP contribution is -2.36.